The average molecular weight is 318 g/mol. The second-order valence-electron chi connectivity index (χ2n) is 3.72. The number of quaternary nitrogens is 1. The van der Waals surface area contributed by atoms with Gasteiger partial charge in [0.25, 0.3) is 5.69 Å². The van der Waals surface area contributed by atoms with Crippen LogP contribution in [-0.2, 0) is 4.79 Å². The first-order chi connectivity index (χ1) is 10.0. The maximum Gasteiger partial charge on any atom is 0.269 e. The number of carbonyl (C=O) groups excluding carboxylic acids is 1. The van der Waals surface area contributed by atoms with Crippen molar-refractivity contribution in [2.24, 2.45) is 0 Å². The van der Waals surface area contributed by atoms with E-state index in [0.29, 0.717) is 18.0 Å². The number of aliphatic hydroxyl groups excluding tert-OH is 2. The van der Waals surface area contributed by atoms with Crippen molar-refractivity contribution in [3.05, 3.63) is 34.4 Å². The van der Waals surface area contributed by atoms with E-state index >= 15 is 0 Å². The van der Waals surface area contributed by atoms with E-state index in [1.807, 2.05) is 5.32 Å². The predicted octanol–water partition coefficient (Wildman–Crippen LogP) is -2.03. The number of carboxylic acids is 1. The fourth-order valence-corrected chi connectivity index (χ4v) is 1.75. The van der Waals surface area contributed by atoms with Crippen LogP contribution >= 0.6 is 11.8 Å². The third kappa shape index (κ3) is 10.7. The lowest BCUT2D eigenvalue weighted by Gasteiger charge is -2.01. The minimum absolute atomic E-state index is 0.0113. The van der Waals surface area contributed by atoms with Crippen molar-refractivity contribution in [1.29, 1.82) is 0 Å². The molecular formula is C12H18N2O6S. The lowest BCUT2D eigenvalue weighted by atomic mass is 10.3. The van der Waals surface area contributed by atoms with Crippen molar-refractivity contribution in [1.82, 2.24) is 0 Å². The number of carbonyl (C=O) groups is 1. The zero-order valence-corrected chi connectivity index (χ0v) is 12.1. The highest BCUT2D eigenvalue weighted by Gasteiger charge is 2.03. The molecule has 1 rings (SSSR count). The summed E-state index contributed by atoms with van der Waals surface area (Å²) < 4.78 is 0. The van der Waals surface area contributed by atoms with Crippen LogP contribution in [0.5, 0.6) is 0 Å². The van der Waals surface area contributed by atoms with E-state index in [0.717, 1.165) is 11.8 Å². The molecule has 0 amide bonds. The number of nitro groups is 1. The second kappa shape index (κ2) is 12.1. The van der Waals surface area contributed by atoms with Crippen LogP contribution in [0.1, 0.15) is 0 Å². The number of carboxylic acid groups (broad SMARTS) is 1. The zero-order valence-electron chi connectivity index (χ0n) is 11.3. The van der Waals surface area contributed by atoms with Gasteiger partial charge >= 0.3 is 0 Å². The second-order valence-corrected chi connectivity index (χ2v) is 4.77. The quantitative estimate of drug-likeness (QED) is 0.217. The fraction of sp³-hybridized carbons (Fsp3) is 0.417. The van der Waals surface area contributed by atoms with Crippen molar-refractivity contribution >= 4 is 23.4 Å². The Morgan fingerprint density at radius 1 is 1.19 bits per heavy atom. The third-order valence-corrected chi connectivity index (χ3v) is 3.06. The molecule has 0 radical (unpaired) electrons. The maximum atomic E-state index is 10.3. The molecule has 9 heteroatoms. The van der Waals surface area contributed by atoms with Crippen LogP contribution in [0.3, 0.4) is 0 Å². The van der Waals surface area contributed by atoms with Gasteiger partial charge in [-0.15, -0.1) is 11.8 Å². The summed E-state index contributed by atoms with van der Waals surface area (Å²) >= 11 is 1.06. The number of non-ortho nitro benzene ring substituents is 1. The summed E-state index contributed by atoms with van der Waals surface area (Å²) in [6, 6.07) is 5.67. The SMILES string of the molecule is O=C([O-])CSc1ccc([N+](=O)[O-])cc1.OCC[NH2+]CCO. The number of rotatable bonds is 8. The Bertz CT molecular complexity index is 422. The van der Waals surface area contributed by atoms with Gasteiger partial charge in [-0.1, -0.05) is 0 Å². The first kappa shape index (κ1) is 19.3. The van der Waals surface area contributed by atoms with E-state index in [1.54, 1.807) is 0 Å². The van der Waals surface area contributed by atoms with Crippen molar-refractivity contribution in [3.8, 4) is 0 Å². The van der Waals surface area contributed by atoms with Gasteiger partial charge in [-0.3, -0.25) is 10.1 Å². The van der Waals surface area contributed by atoms with Gasteiger partial charge in [-0.25, -0.2) is 0 Å². The molecular weight excluding hydrogens is 300 g/mol. The maximum absolute atomic E-state index is 10.3. The Labute approximate surface area is 125 Å². The van der Waals surface area contributed by atoms with E-state index in [1.165, 1.54) is 24.3 Å². The molecule has 1 aromatic rings. The van der Waals surface area contributed by atoms with Gasteiger partial charge in [-0.2, -0.15) is 0 Å². The van der Waals surface area contributed by atoms with Gasteiger partial charge < -0.3 is 25.4 Å². The highest BCUT2D eigenvalue weighted by Crippen LogP contribution is 2.20. The number of nitrogens with two attached hydrogens (primary N) is 1. The van der Waals surface area contributed by atoms with Gasteiger partial charge in [-0.05, 0) is 12.1 Å². The Hall–Kier alpha value is -1.68. The Morgan fingerprint density at radius 2 is 1.71 bits per heavy atom. The summed E-state index contributed by atoms with van der Waals surface area (Å²) in [5, 5.41) is 38.6. The van der Waals surface area contributed by atoms with E-state index in [-0.39, 0.29) is 24.7 Å². The number of aliphatic carboxylic acids is 1. The largest absolute Gasteiger partial charge is 0.549 e. The van der Waals surface area contributed by atoms with Gasteiger partial charge in [0.2, 0.25) is 0 Å². The predicted molar refractivity (Wildman–Crippen MR) is 74.7 cm³/mol. The summed E-state index contributed by atoms with van der Waals surface area (Å²) in [6.45, 7) is 1.78. The number of hydrogen-bond donors (Lipinski definition) is 3. The summed E-state index contributed by atoms with van der Waals surface area (Å²) in [7, 11) is 0. The van der Waals surface area contributed by atoms with E-state index in [4.69, 9.17) is 10.2 Å². The molecule has 0 heterocycles. The molecule has 0 aliphatic carbocycles. The molecule has 0 bridgehead atoms. The first-order valence-electron chi connectivity index (χ1n) is 6.11. The highest BCUT2D eigenvalue weighted by atomic mass is 32.2. The number of benzene rings is 1. The van der Waals surface area contributed by atoms with E-state index < -0.39 is 10.9 Å². The smallest absolute Gasteiger partial charge is 0.269 e. The van der Waals surface area contributed by atoms with E-state index in [9.17, 15) is 20.0 Å². The van der Waals surface area contributed by atoms with Crippen molar-refractivity contribution < 1.29 is 30.4 Å². The molecule has 0 saturated carbocycles. The molecule has 8 nitrogen and oxygen atoms in total. The first-order valence-corrected chi connectivity index (χ1v) is 7.10. The minimum atomic E-state index is -1.16. The molecule has 0 aliphatic heterocycles. The van der Waals surface area contributed by atoms with Gasteiger partial charge in [0.05, 0.1) is 37.2 Å². The average Bonchev–Trinajstić information content (AvgIpc) is 2.47. The Balaban J connectivity index is 0.000000486. The highest BCUT2D eigenvalue weighted by molar-refractivity contribution is 8.00. The number of aliphatic hydroxyl groups is 2. The zero-order chi connectivity index (χ0) is 16.1. The summed E-state index contributed by atoms with van der Waals surface area (Å²) in [5.74, 6) is -1.31. The van der Waals surface area contributed by atoms with Crippen LogP contribution in [0, 0.1) is 10.1 Å². The monoisotopic (exact) mass is 318 g/mol. The molecule has 118 valence electrons. The molecule has 0 atom stereocenters. The number of nitrogens with zero attached hydrogens (tertiary/aromatic N) is 1. The van der Waals surface area contributed by atoms with Crippen LogP contribution < -0.4 is 10.4 Å². The molecule has 0 saturated heterocycles. The van der Waals surface area contributed by atoms with Gasteiger partial charge in [0.1, 0.15) is 0 Å². The molecule has 0 aromatic heterocycles. The van der Waals surface area contributed by atoms with Gasteiger partial charge in [0, 0.05) is 22.8 Å². The van der Waals surface area contributed by atoms with Crippen LogP contribution in [0.25, 0.3) is 0 Å². The Kier molecular flexibility index (Phi) is 11.1. The van der Waals surface area contributed by atoms with Crippen molar-refractivity contribution in [2.45, 2.75) is 4.90 Å². The fourth-order valence-electron chi connectivity index (χ4n) is 1.13. The van der Waals surface area contributed by atoms with Crippen LogP contribution in [0.2, 0.25) is 0 Å². The molecule has 4 N–H and O–H groups in total. The van der Waals surface area contributed by atoms with Crippen molar-refractivity contribution in [2.75, 3.05) is 32.1 Å². The van der Waals surface area contributed by atoms with E-state index in [2.05, 4.69) is 0 Å². The van der Waals surface area contributed by atoms with Gasteiger partial charge in [0.15, 0.2) is 0 Å². The lowest BCUT2D eigenvalue weighted by molar-refractivity contribution is -0.657. The summed E-state index contributed by atoms with van der Waals surface area (Å²) in [5.41, 5.74) is -0.0113. The molecule has 1 aromatic carbocycles. The topological polar surface area (TPSA) is 140 Å². The Morgan fingerprint density at radius 3 is 2.10 bits per heavy atom. The van der Waals surface area contributed by atoms with Crippen LogP contribution in [0.15, 0.2) is 29.2 Å². The normalized spacial score (nSPS) is 9.62. The molecule has 0 unspecified atom stereocenters. The molecule has 0 spiro atoms. The molecule has 21 heavy (non-hydrogen) atoms. The minimum Gasteiger partial charge on any atom is -0.549 e. The van der Waals surface area contributed by atoms with Crippen molar-refractivity contribution in [3.63, 3.8) is 0 Å². The molecule has 0 aliphatic rings. The lowest BCUT2D eigenvalue weighted by Crippen LogP contribution is -2.85. The van der Waals surface area contributed by atoms with Crippen LogP contribution in [0.4, 0.5) is 5.69 Å². The standard InChI is InChI=1S/C8H7NO4S.C4H11NO2/c10-8(11)5-14-7-3-1-6(2-4-7)9(12)13;6-3-1-5-2-4-7/h1-4H,5H2,(H,10,11);5-7H,1-4H2. The summed E-state index contributed by atoms with van der Waals surface area (Å²) in [6.07, 6.45) is 0. The van der Waals surface area contributed by atoms with Crippen LogP contribution in [-0.4, -0.2) is 53.2 Å². The number of hydrogen-bond acceptors (Lipinski definition) is 7. The summed E-state index contributed by atoms with van der Waals surface area (Å²) in [4.78, 5) is 20.5. The number of nitro benzene ring substituents is 1. The number of thioether (sulfide) groups is 1. The third-order valence-electron chi connectivity index (χ3n) is 2.07. The molecule has 0 fully saturated rings.